The monoisotopic (exact) mass is 1140 g/mol. The topological polar surface area (TPSA) is 57.4 Å². The van der Waals surface area contributed by atoms with E-state index in [1.807, 2.05) is 0 Å². The highest BCUT2D eigenvalue weighted by Gasteiger charge is 2.43. The van der Waals surface area contributed by atoms with Crippen molar-refractivity contribution < 1.29 is 0 Å². The van der Waals surface area contributed by atoms with Crippen LogP contribution in [-0.4, -0.2) is 35.1 Å². The van der Waals surface area contributed by atoms with Crippen LogP contribution in [0.4, 0.5) is 0 Å². The smallest absolute Gasteiger partial charge is 0.0791 e. The molecule has 0 fully saturated rings. The van der Waals surface area contributed by atoms with Gasteiger partial charge in [0.25, 0.3) is 0 Å². The van der Waals surface area contributed by atoms with Crippen LogP contribution in [0.25, 0.3) is 90.9 Å². The van der Waals surface area contributed by atoms with Gasteiger partial charge in [-0.25, -0.2) is 9.97 Å². The fourth-order valence-corrected chi connectivity index (χ4v) is 20.8. The maximum Gasteiger partial charge on any atom is 0.0791 e. The molecule has 2 aliphatic rings. The van der Waals surface area contributed by atoms with E-state index in [-0.39, 0.29) is 32.5 Å². The first-order valence-electron chi connectivity index (χ1n) is 30.7. The summed E-state index contributed by atoms with van der Waals surface area (Å²) in [7, 11) is -3.83. The molecule has 5 heterocycles. The number of aromatic amines is 2. The number of rotatable bonds is 7. The Labute approximate surface area is 506 Å². The van der Waals surface area contributed by atoms with Gasteiger partial charge in [-0.2, -0.15) is 0 Å². The standard InChI is InChI=1S/C78H94N4Si2/c1-73(2,3)53-40-50(41-54(46-53)74(4,5)6)70-63-34-32-61(79-63)69(49-28-30-60(31-29-49)84(21,22)83(19,20)59-26-24-23-25-27-59)62-33-35-64(80-62)71(51-42-55(75(7,8)9)47-56(43-51)76(10,11)12)66-37-39-68(82-66)72(67-38-36-65(70)81-67)52-44-57(77(13,14)15)48-58(45-52)78(16,17)18/h23-48,79,82H,1-22H3. The summed E-state index contributed by atoms with van der Waals surface area (Å²) in [5, 5.41) is 3.00. The zero-order valence-electron chi connectivity index (χ0n) is 54.9. The molecule has 8 aromatic rings. The van der Waals surface area contributed by atoms with Gasteiger partial charge in [0.05, 0.1) is 38.0 Å². The average molecular weight is 1140 g/mol. The van der Waals surface area contributed by atoms with E-state index < -0.39 is 15.2 Å². The van der Waals surface area contributed by atoms with Gasteiger partial charge in [0.15, 0.2) is 0 Å². The maximum absolute atomic E-state index is 5.87. The highest BCUT2D eigenvalue weighted by Crippen LogP contribution is 2.44. The van der Waals surface area contributed by atoms with E-state index in [1.165, 1.54) is 43.8 Å². The number of benzene rings is 5. The molecule has 0 saturated heterocycles. The molecular formula is C78H94N4Si2. The molecule has 6 heteroatoms. The number of aromatic nitrogens is 4. The minimum absolute atomic E-state index is 0.0990. The summed E-state index contributed by atoms with van der Waals surface area (Å²) >= 11 is 0. The van der Waals surface area contributed by atoms with E-state index >= 15 is 0 Å². The second-order valence-corrected chi connectivity index (χ2v) is 46.7. The number of hydrogen-bond acceptors (Lipinski definition) is 2. The SMILES string of the molecule is CC(C)(C)c1cc(-c2c3nc(c(-c4cc(C(C)(C)C)cc(C(C)(C)C)c4)c4ccc([nH]4)c(-c4cc(C(C)(C)C)cc(C(C)(C)C)c4)c4nc(c(-c5ccc([Si](C)(C)[Si](C)(C)c6ccccc6)cc5)c5ccc2[nH]5)C=C4)C=C3)cc(C(C)(C)C)c1. The van der Waals surface area contributed by atoms with Crippen molar-refractivity contribution in [1.82, 2.24) is 19.9 Å². The van der Waals surface area contributed by atoms with Gasteiger partial charge in [-0.05, 0) is 137 Å². The zero-order chi connectivity index (χ0) is 61.1. The summed E-state index contributed by atoms with van der Waals surface area (Å²) < 4.78 is 0. The zero-order valence-corrected chi connectivity index (χ0v) is 56.9. The molecular weight excluding hydrogens is 1050 g/mol. The lowest BCUT2D eigenvalue weighted by atomic mass is 9.78. The summed E-state index contributed by atoms with van der Waals surface area (Å²) in [5.41, 5.74) is 23.7. The van der Waals surface area contributed by atoms with Gasteiger partial charge < -0.3 is 9.97 Å². The Morgan fingerprint density at radius 3 is 0.762 bits per heavy atom. The first-order chi connectivity index (χ1) is 38.9. The summed E-state index contributed by atoms with van der Waals surface area (Å²) in [6.07, 6.45) is 9.03. The second-order valence-electron chi connectivity index (χ2n) is 31.6. The maximum atomic E-state index is 5.87. The summed E-state index contributed by atoms with van der Waals surface area (Å²) in [4.78, 5) is 20.0. The molecule has 0 saturated carbocycles. The third-order valence-electron chi connectivity index (χ3n) is 18.6. The third kappa shape index (κ3) is 11.7. The normalized spacial score (nSPS) is 13.7. The first kappa shape index (κ1) is 60.3. The molecule has 434 valence electrons. The van der Waals surface area contributed by atoms with Gasteiger partial charge in [0, 0.05) is 44.3 Å². The van der Waals surface area contributed by atoms with Crippen molar-refractivity contribution >= 4 is 71.9 Å². The van der Waals surface area contributed by atoms with Gasteiger partial charge in [-0.3, -0.25) is 0 Å². The van der Waals surface area contributed by atoms with Gasteiger partial charge in [-0.15, -0.1) is 0 Å². The van der Waals surface area contributed by atoms with Crippen molar-refractivity contribution in [3.8, 4) is 44.5 Å². The van der Waals surface area contributed by atoms with Crippen LogP contribution in [-0.2, 0) is 32.5 Å². The van der Waals surface area contributed by atoms with Crippen molar-refractivity contribution in [3.05, 3.63) is 190 Å². The molecule has 0 radical (unpaired) electrons. The van der Waals surface area contributed by atoms with Crippen LogP contribution in [0.2, 0.25) is 26.2 Å². The fraction of sp³-hybridized carbons (Fsp3) is 0.359. The minimum atomic E-state index is -1.96. The number of nitrogens with one attached hydrogen (secondary N) is 2. The molecule has 2 aliphatic heterocycles. The molecule has 5 aromatic carbocycles. The molecule has 4 nitrogen and oxygen atoms in total. The Morgan fingerprint density at radius 1 is 0.274 bits per heavy atom. The van der Waals surface area contributed by atoms with Crippen LogP contribution in [0.15, 0.2) is 133 Å². The minimum Gasteiger partial charge on any atom is -0.354 e. The molecule has 10 rings (SSSR count). The van der Waals surface area contributed by atoms with E-state index in [2.05, 4.69) is 319 Å². The number of fused-ring (bicyclic) bond motifs is 8. The predicted octanol–water partition coefficient (Wildman–Crippen LogP) is 20.7. The molecule has 84 heavy (non-hydrogen) atoms. The Balaban J connectivity index is 1.39. The van der Waals surface area contributed by atoms with Gasteiger partial charge in [-0.1, -0.05) is 270 Å². The van der Waals surface area contributed by atoms with Crippen LogP contribution >= 0.6 is 0 Å². The number of nitrogens with zero attached hydrogens (tertiary/aromatic N) is 2. The quantitative estimate of drug-likeness (QED) is 0.156. The van der Waals surface area contributed by atoms with E-state index in [9.17, 15) is 0 Å². The molecule has 0 spiro atoms. The highest BCUT2D eigenvalue weighted by atomic mass is 29.3. The lowest BCUT2D eigenvalue weighted by Crippen LogP contribution is -2.69. The molecule has 3 aromatic heterocycles. The van der Waals surface area contributed by atoms with Gasteiger partial charge >= 0.3 is 0 Å². The van der Waals surface area contributed by atoms with Crippen molar-refractivity contribution in [2.75, 3.05) is 0 Å². The first-order valence-corrected chi connectivity index (χ1v) is 37.7. The van der Waals surface area contributed by atoms with Crippen LogP contribution in [0.5, 0.6) is 0 Å². The van der Waals surface area contributed by atoms with Crippen LogP contribution in [0, 0.1) is 0 Å². The molecule has 0 unspecified atom stereocenters. The predicted molar refractivity (Wildman–Crippen MR) is 373 cm³/mol. The Bertz CT molecular complexity index is 3930. The number of hydrogen-bond donors (Lipinski definition) is 2. The number of H-pyrrole nitrogens is 2. The average Bonchev–Trinajstić information content (AvgIpc) is 1.80. The lowest BCUT2D eigenvalue weighted by molar-refractivity contribution is 0.568. The van der Waals surface area contributed by atoms with E-state index in [0.717, 1.165) is 89.4 Å². The van der Waals surface area contributed by atoms with Crippen LogP contribution < -0.4 is 10.4 Å². The van der Waals surface area contributed by atoms with Crippen molar-refractivity contribution in [1.29, 1.82) is 0 Å². The van der Waals surface area contributed by atoms with Gasteiger partial charge in [0.1, 0.15) is 0 Å². The molecule has 2 N–H and O–H groups in total. The molecule has 8 bridgehead atoms. The van der Waals surface area contributed by atoms with Gasteiger partial charge in [0.2, 0.25) is 0 Å². The molecule has 0 aliphatic carbocycles. The van der Waals surface area contributed by atoms with Crippen LogP contribution in [0.1, 0.15) is 181 Å². The van der Waals surface area contributed by atoms with Crippen LogP contribution in [0.3, 0.4) is 0 Å². The van der Waals surface area contributed by atoms with E-state index in [4.69, 9.17) is 9.97 Å². The van der Waals surface area contributed by atoms with E-state index in [0.29, 0.717) is 0 Å². The second kappa shape index (κ2) is 21.0. The van der Waals surface area contributed by atoms with E-state index in [1.54, 1.807) is 0 Å². The highest BCUT2D eigenvalue weighted by molar-refractivity contribution is 7.50. The Hall–Kier alpha value is -6.87. The largest absolute Gasteiger partial charge is 0.354 e. The third-order valence-corrected chi connectivity index (χ3v) is 36.4. The Kier molecular flexibility index (Phi) is 15.0. The summed E-state index contributed by atoms with van der Waals surface area (Å²) in [6.45, 7) is 52.2. The van der Waals surface area contributed by atoms with Crippen molar-refractivity contribution in [2.24, 2.45) is 0 Å². The van der Waals surface area contributed by atoms with Crippen molar-refractivity contribution in [2.45, 2.75) is 183 Å². The lowest BCUT2D eigenvalue weighted by Gasteiger charge is -2.39. The van der Waals surface area contributed by atoms with Crippen molar-refractivity contribution in [3.63, 3.8) is 0 Å². The fourth-order valence-electron chi connectivity index (χ4n) is 12.0. The molecule has 0 atom stereocenters. The summed E-state index contributed by atoms with van der Waals surface area (Å²) in [6, 6.07) is 51.8. The molecule has 0 amide bonds. The summed E-state index contributed by atoms with van der Waals surface area (Å²) in [5.74, 6) is 0. The Morgan fingerprint density at radius 2 is 0.512 bits per heavy atom.